The third kappa shape index (κ3) is 4.22. The van der Waals surface area contributed by atoms with Crippen LogP contribution in [0.1, 0.15) is 0 Å². The second-order valence-corrected chi connectivity index (χ2v) is 3.18. The number of nitrogens with zero attached hydrogens (tertiary/aromatic N) is 1. The van der Waals surface area contributed by atoms with Crippen molar-refractivity contribution in [1.82, 2.24) is 4.90 Å². The molecule has 0 N–H and O–H groups in total. The van der Waals surface area contributed by atoms with Gasteiger partial charge in [0.15, 0.2) is 0 Å². The van der Waals surface area contributed by atoms with Crippen molar-refractivity contribution >= 4 is 22.7 Å². The van der Waals surface area contributed by atoms with Gasteiger partial charge in [0.05, 0.1) is 30.9 Å². The van der Waals surface area contributed by atoms with Gasteiger partial charge in [-0.25, -0.2) is 0 Å². The van der Waals surface area contributed by atoms with E-state index in [-0.39, 0.29) is 0 Å². The zero-order valence-electron chi connectivity index (χ0n) is 6.36. The van der Waals surface area contributed by atoms with Crippen LogP contribution in [0.3, 0.4) is 0 Å². The topological polar surface area (TPSA) is 21.7 Å². The molecule has 3 nitrogen and oxygen atoms in total. The lowest BCUT2D eigenvalue weighted by atomic mass is 10.4. The van der Waals surface area contributed by atoms with Crippen molar-refractivity contribution in [2.24, 2.45) is 0 Å². The number of thiol groups is 1. The van der Waals surface area contributed by atoms with Gasteiger partial charge >= 0.3 is 0 Å². The molecular weight excluding hydrogens is 182 g/mol. The number of hydrogen-bond acceptors (Lipinski definition) is 5. The van der Waals surface area contributed by atoms with E-state index in [0.29, 0.717) is 0 Å². The Kier molecular flexibility index (Phi) is 5.39. The molecule has 0 spiro atoms. The molecule has 1 heterocycles. The fraction of sp³-hybridized carbons (Fsp3) is 1.00. The molecule has 0 amide bonds. The van der Waals surface area contributed by atoms with Crippen molar-refractivity contribution in [2.75, 3.05) is 39.5 Å². The molecule has 66 valence electrons. The van der Waals surface area contributed by atoms with Crippen LogP contribution in [-0.2, 0) is 8.92 Å². The van der Waals surface area contributed by atoms with E-state index in [1.54, 1.807) is 0 Å². The zero-order valence-corrected chi connectivity index (χ0v) is 8.07. The minimum atomic E-state index is 0.744. The SMILES string of the molecule is SSOCCN1CCOCC1. The lowest BCUT2D eigenvalue weighted by molar-refractivity contribution is 0.0334. The molecule has 1 aliphatic rings. The number of rotatable bonds is 4. The molecule has 11 heavy (non-hydrogen) atoms. The van der Waals surface area contributed by atoms with Crippen LogP contribution >= 0.6 is 22.7 Å². The van der Waals surface area contributed by atoms with Gasteiger partial charge in [-0.2, -0.15) is 0 Å². The Morgan fingerprint density at radius 1 is 1.45 bits per heavy atom. The average molecular weight is 195 g/mol. The van der Waals surface area contributed by atoms with Crippen molar-refractivity contribution in [2.45, 2.75) is 0 Å². The molecular formula is C6H13NO2S2. The third-order valence-electron chi connectivity index (χ3n) is 1.65. The monoisotopic (exact) mass is 195 g/mol. The maximum Gasteiger partial charge on any atom is 0.0751 e. The lowest BCUT2D eigenvalue weighted by Gasteiger charge is -2.25. The molecule has 5 heteroatoms. The van der Waals surface area contributed by atoms with Crippen molar-refractivity contribution < 1.29 is 8.92 Å². The van der Waals surface area contributed by atoms with Gasteiger partial charge in [0, 0.05) is 19.6 Å². The Balaban J connectivity index is 1.96. The summed E-state index contributed by atoms with van der Waals surface area (Å²) in [5.74, 6) is 0. The van der Waals surface area contributed by atoms with Crippen LogP contribution in [0.15, 0.2) is 0 Å². The Morgan fingerprint density at radius 3 is 2.82 bits per heavy atom. The minimum Gasteiger partial charge on any atom is -0.379 e. The third-order valence-corrected chi connectivity index (χ3v) is 2.24. The maximum atomic E-state index is 5.20. The summed E-state index contributed by atoms with van der Waals surface area (Å²) < 4.78 is 10.2. The van der Waals surface area contributed by atoms with E-state index in [1.165, 1.54) is 0 Å². The van der Waals surface area contributed by atoms with Gasteiger partial charge < -0.3 is 8.92 Å². The quantitative estimate of drug-likeness (QED) is 0.310. The van der Waals surface area contributed by atoms with Crippen molar-refractivity contribution in [3.05, 3.63) is 0 Å². The van der Waals surface area contributed by atoms with Gasteiger partial charge in [-0.3, -0.25) is 4.90 Å². The van der Waals surface area contributed by atoms with Crippen LogP contribution in [0.2, 0.25) is 0 Å². The molecule has 0 aromatic carbocycles. The highest BCUT2D eigenvalue weighted by Crippen LogP contribution is 2.06. The standard InChI is InChI=1S/C6H13NO2S2/c10-11-9-6-3-7-1-4-8-5-2-7/h10H,1-6H2. The first-order valence-electron chi connectivity index (χ1n) is 3.66. The zero-order chi connectivity index (χ0) is 7.94. The summed E-state index contributed by atoms with van der Waals surface area (Å²) in [4.78, 5) is 2.33. The first-order valence-corrected chi connectivity index (χ1v) is 5.46. The first kappa shape index (κ1) is 9.67. The predicted octanol–water partition coefficient (Wildman–Crippen LogP) is 0.828. The lowest BCUT2D eigenvalue weighted by Crippen LogP contribution is -2.38. The van der Waals surface area contributed by atoms with Gasteiger partial charge in [-0.05, 0) is 0 Å². The smallest absolute Gasteiger partial charge is 0.0751 e. The first-order chi connectivity index (χ1) is 5.43. The summed E-state index contributed by atoms with van der Waals surface area (Å²) >= 11 is 5.00. The summed E-state index contributed by atoms with van der Waals surface area (Å²) in [5, 5.41) is 0. The van der Waals surface area contributed by atoms with Gasteiger partial charge in [-0.1, -0.05) is 11.7 Å². The number of morpholine rings is 1. The second kappa shape index (κ2) is 6.14. The molecule has 0 aromatic rings. The Bertz CT molecular complexity index is 98.6. The molecule has 1 fully saturated rings. The summed E-state index contributed by atoms with van der Waals surface area (Å²) in [7, 11) is 0. The van der Waals surface area contributed by atoms with Crippen LogP contribution in [0, 0.1) is 0 Å². The van der Waals surface area contributed by atoms with E-state index < -0.39 is 0 Å². The summed E-state index contributed by atoms with van der Waals surface area (Å²) in [6.45, 7) is 5.49. The van der Waals surface area contributed by atoms with E-state index in [1.807, 2.05) is 0 Å². The number of hydrogen-bond donors (Lipinski definition) is 1. The summed E-state index contributed by atoms with van der Waals surface area (Å²) in [6, 6.07) is 0. The van der Waals surface area contributed by atoms with E-state index in [4.69, 9.17) is 8.92 Å². The fourth-order valence-corrected chi connectivity index (χ4v) is 1.40. The molecule has 0 aromatic heterocycles. The van der Waals surface area contributed by atoms with E-state index in [9.17, 15) is 0 Å². The van der Waals surface area contributed by atoms with Crippen LogP contribution in [0.5, 0.6) is 0 Å². The van der Waals surface area contributed by atoms with E-state index in [2.05, 4.69) is 16.6 Å². The molecule has 1 aliphatic heterocycles. The second-order valence-electron chi connectivity index (χ2n) is 2.35. The largest absolute Gasteiger partial charge is 0.379 e. The van der Waals surface area contributed by atoms with E-state index in [0.717, 1.165) is 50.5 Å². The van der Waals surface area contributed by atoms with Crippen molar-refractivity contribution in [3.8, 4) is 0 Å². The predicted molar refractivity (Wildman–Crippen MR) is 49.8 cm³/mol. The maximum absolute atomic E-state index is 5.20. The Labute approximate surface area is 76.4 Å². The molecule has 0 bridgehead atoms. The Morgan fingerprint density at radius 2 is 2.18 bits per heavy atom. The van der Waals surface area contributed by atoms with Gasteiger partial charge in [0.1, 0.15) is 0 Å². The van der Waals surface area contributed by atoms with Crippen LogP contribution in [0.25, 0.3) is 0 Å². The molecule has 1 saturated heterocycles. The molecule has 0 unspecified atom stereocenters. The Hall–Kier alpha value is 0.580. The minimum absolute atomic E-state index is 0.744. The van der Waals surface area contributed by atoms with Crippen LogP contribution in [0.4, 0.5) is 0 Å². The normalized spacial score (nSPS) is 20.5. The molecule has 0 atom stereocenters. The summed E-state index contributed by atoms with van der Waals surface area (Å²) in [5.41, 5.74) is 0. The molecule has 0 aliphatic carbocycles. The molecule has 0 saturated carbocycles. The van der Waals surface area contributed by atoms with Gasteiger partial charge in [0.25, 0.3) is 0 Å². The van der Waals surface area contributed by atoms with Crippen LogP contribution in [-0.4, -0.2) is 44.4 Å². The fourth-order valence-electron chi connectivity index (χ4n) is 1.03. The van der Waals surface area contributed by atoms with Crippen LogP contribution < -0.4 is 0 Å². The van der Waals surface area contributed by atoms with Crippen molar-refractivity contribution in [3.63, 3.8) is 0 Å². The van der Waals surface area contributed by atoms with Crippen molar-refractivity contribution in [1.29, 1.82) is 0 Å². The average Bonchev–Trinajstić information content (AvgIpc) is 2.07. The molecule has 1 rings (SSSR count). The highest BCUT2D eigenvalue weighted by molar-refractivity contribution is 8.66. The number of ether oxygens (including phenoxy) is 1. The van der Waals surface area contributed by atoms with Gasteiger partial charge in [-0.15, -0.1) is 0 Å². The highest BCUT2D eigenvalue weighted by Gasteiger charge is 2.08. The highest BCUT2D eigenvalue weighted by atomic mass is 33.1. The molecule has 0 radical (unpaired) electrons. The summed E-state index contributed by atoms with van der Waals surface area (Å²) in [6.07, 6.45) is 0. The van der Waals surface area contributed by atoms with Gasteiger partial charge in [0.2, 0.25) is 0 Å². The van der Waals surface area contributed by atoms with E-state index >= 15 is 0 Å².